The Morgan fingerprint density at radius 1 is 1.33 bits per heavy atom. The van der Waals surface area contributed by atoms with Gasteiger partial charge in [0.1, 0.15) is 6.54 Å². The number of ketones is 1. The molecule has 0 aliphatic rings. The molecule has 0 saturated heterocycles. The summed E-state index contributed by atoms with van der Waals surface area (Å²) >= 11 is 0. The summed E-state index contributed by atoms with van der Waals surface area (Å²) in [7, 11) is 0. The summed E-state index contributed by atoms with van der Waals surface area (Å²) in [5.74, 6) is -2.60. The van der Waals surface area contributed by atoms with Gasteiger partial charge in [0.25, 0.3) is 5.78 Å². The van der Waals surface area contributed by atoms with Gasteiger partial charge in [0.05, 0.1) is 6.20 Å². The molecule has 0 unspecified atom stereocenters. The molecular weight excluding hydrogens is 297 g/mol. The van der Waals surface area contributed by atoms with Crippen LogP contribution in [0.2, 0.25) is 0 Å². The van der Waals surface area contributed by atoms with Crippen molar-refractivity contribution in [2.24, 2.45) is 0 Å². The largest absolute Gasteiger partial charge is 0.456 e. The number of carbonyl (C=O) groups is 2. The second-order valence-electron chi connectivity index (χ2n) is 3.80. The number of aryl methyl sites for hydroxylation is 1. The van der Waals surface area contributed by atoms with Crippen LogP contribution in [0.25, 0.3) is 0 Å². The molecule has 21 heavy (non-hydrogen) atoms. The number of aromatic nitrogens is 5. The van der Waals surface area contributed by atoms with Crippen molar-refractivity contribution in [1.82, 2.24) is 25.2 Å². The first-order valence-electron chi connectivity index (χ1n) is 5.37. The lowest BCUT2D eigenvalue weighted by molar-refractivity contribution is -0.117. The van der Waals surface area contributed by atoms with E-state index in [4.69, 9.17) is 4.42 Å². The van der Waals surface area contributed by atoms with E-state index in [9.17, 15) is 22.8 Å². The van der Waals surface area contributed by atoms with E-state index in [1.807, 2.05) is 0 Å². The minimum Gasteiger partial charge on any atom is -0.408 e. The van der Waals surface area contributed by atoms with Crippen LogP contribution in [-0.4, -0.2) is 43.1 Å². The summed E-state index contributed by atoms with van der Waals surface area (Å²) in [5.41, 5.74) is -0.899. The number of amides is 1. The molecule has 1 amide bonds. The van der Waals surface area contributed by atoms with Crippen LogP contribution in [0.3, 0.4) is 0 Å². The van der Waals surface area contributed by atoms with Crippen molar-refractivity contribution in [1.29, 1.82) is 0 Å². The van der Waals surface area contributed by atoms with Crippen molar-refractivity contribution in [3.05, 3.63) is 17.8 Å². The smallest absolute Gasteiger partial charge is 0.408 e. The van der Waals surface area contributed by atoms with Gasteiger partial charge in [-0.1, -0.05) is 10.3 Å². The number of nitrogens with zero attached hydrogens (tertiary/aromatic N) is 5. The van der Waals surface area contributed by atoms with Crippen LogP contribution in [-0.2, 0) is 11.3 Å². The van der Waals surface area contributed by atoms with Crippen molar-refractivity contribution >= 4 is 17.7 Å². The Morgan fingerprint density at radius 2 is 2.05 bits per heavy atom. The molecule has 0 saturated carbocycles. The first kappa shape index (κ1) is 14.6. The molecule has 2 aromatic rings. The van der Waals surface area contributed by atoms with Crippen LogP contribution >= 0.6 is 0 Å². The molecule has 0 aliphatic heterocycles. The summed E-state index contributed by atoms with van der Waals surface area (Å²) in [6, 6.07) is -0.163. The highest BCUT2D eigenvalue weighted by Gasteiger charge is 2.41. The average Bonchev–Trinajstić information content (AvgIpc) is 2.96. The molecule has 0 atom stereocenters. The van der Waals surface area contributed by atoms with Crippen molar-refractivity contribution < 1.29 is 27.2 Å². The molecule has 2 heterocycles. The zero-order valence-electron chi connectivity index (χ0n) is 10.4. The molecule has 2 rings (SSSR count). The van der Waals surface area contributed by atoms with Gasteiger partial charge in [0, 0.05) is 6.92 Å². The third-order valence-electron chi connectivity index (χ3n) is 2.11. The molecule has 112 valence electrons. The lowest BCUT2D eigenvalue weighted by Gasteiger charge is -2.00. The summed E-state index contributed by atoms with van der Waals surface area (Å²) in [4.78, 5) is 22.4. The normalized spacial score (nSPS) is 11.4. The molecule has 0 fully saturated rings. The highest BCUT2D eigenvalue weighted by atomic mass is 19.4. The number of rotatable bonds is 4. The van der Waals surface area contributed by atoms with E-state index < -0.39 is 30.1 Å². The number of nitrogens with one attached hydrogen (secondary N) is 1. The van der Waals surface area contributed by atoms with Gasteiger partial charge in [-0.2, -0.15) is 13.2 Å². The van der Waals surface area contributed by atoms with E-state index in [1.54, 1.807) is 0 Å². The highest BCUT2D eigenvalue weighted by Crippen LogP contribution is 2.19. The van der Waals surface area contributed by atoms with Gasteiger partial charge in [-0.05, 0) is 0 Å². The van der Waals surface area contributed by atoms with Crippen LogP contribution in [0.15, 0.2) is 10.6 Å². The highest BCUT2D eigenvalue weighted by molar-refractivity contribution is 5.98. The van der Waals surface area contributed by atoms with Gasteiger partial charge in [-0.15, -0.1) is 10.2 Å². The maximum absolute atomic E-state index is 12.2. The van der Waals surface area contributed by atoms with Crippen molar-refractivity contribution in [3.8, 4) is 0 Å². The van der Waals surface area contributed by atoms with Gasteiger partial charge in [0.2, 0.25) is 11.8 Å². The number of hydrogen-bond acceptors (Lipinski definition) is 7. The van der Waals surface area contributed by atoms with E-state index in [-0.39, 0.29) is 11.9 Å². The van der Waals surface area contributed by atoms with Crippen LogP contribution in [0.4, 0.5) is 19.2 Å². The second-order valence-corrected chi connectivity index (χ2v) is 3.80. The van der Waals surface area contributed by atoms with E-state index >= 15 is 0 Å². The summed E-state index contributed by atoms with van der Waals surface area (Å²) in [5, 5.41) is 15.5. The average molecular weight is 304 g/mol. The second kappa shape index (κ2) is 5.30. The Bertz CT molecular complexity index is 676. The molecule has 9 nitrogen and oxygen atoms in total. The maximum Gasteiger partial charge on any atom is 0.456 e. The lowest BCUT2D eigenvalue weighted by Crippen LogP contribution is -2.23. The van der Waals surface area contributed by atoms with Gasteiger partial charge in [0.15, 0.2) is 5.69 Å². The minimum absolute atomic E-state index is 0.163. The Morgan fingerprint density at radius 3 is 2.62 bits per heavy atom. The molecule has 0 spiro atoms. The summed E-state index contributed by atoms with van der Waals surface area (Å²) in [6.07, 6.45) is -4.33. The van der Waals surface area contributed by atoms with Crippen LogP contribution in [0, 0.1) is 6.92 Å². The fraction of sp³-hybridized carbons (Fsp3) is 0.333. The molecule has 0 aliphatic carbocycles. The number of alkyl halides is 3. The van der Waals surface area contributed by atoms with Crippen molar-refractivity contribution in [2.45, 2.75) is 19.6 Å². The van der Waals surface area contributed by atoms with Crippen molar-refractivity contribution in [2.75, 3.05) is 5.32 Å². The third-order valence-corrected chi connectivity index (χ3v) is 2.11. The van der Waals surface area contributed by atoms with Gasteiger partial charge < -0.3 is 4.42 Å². The first-order valence-corrected chi connectivity index (χ1v) is 5.37. The van der Waals surface area contributed by atoms with Crippen molar-refractivity contribution in [3.63, 3.8) is 0 Å². The fourth-order valence-electron chi connectivity index (χ4n) is 1.28. The Kier molecular flexibility index (Phi) is 3.69. The SMILES string of the molecule is Cc1nnc(NC(=O)Cn2cc(C(=O)C(F)(F)F)nn2)o1. The van der Waals surface area contributed by atoms with Crippen LogP contribution < -0.4 is 5.32 Å². The predicted molar refractivity (Wildman–Crippen MR) is 58.1 cm³/mol. The number of anilines is 1. The van der Waals surface area contributed by atoms with Crippen LogP contribution in [0.5, 0.6) is 0 Å². The van der Waals surface area contributed by atoms with E-state index in [1.165, 1.54) is 6.92 Å². The quantitative estimate of drug-likeness (QED) is 0.810. The minimum atomic E-state index is -5.05. The molecule has 0 aromatic carbocycles. The maximum atomic E-state index is 12.2. The molecule has 0 radical (unpaired) electrons. The van der Waals surface area contributed by atoms with Gasteiger partial charge in [-0.3, -0.25) is 14.9 Å². The standard InChI is InChI=1S/C9H7F3N6O3/c1-4-14-16-8(21-4)13-6(19)3-18-2-5(15-17-18)7(20)9(10,11)12/h2H,3H2,1H3,(H,13,16,19). The summed E-state index contributed by atoms with van der Waals surface area (Å²) < 4.78 is 42.1. The molecule has 0 bridgehead atoms. The fourth-order valence-corrected chi connectivity index (χ4v) is 1.28. The van der Waals surface area contributed by atoms with Crippen LogP contribution in [0.1, 0.15) is 16.4 Å². The van der Waals surface area contributed by atoms with Gasteiger partial charge in [-0.25, -0.2) is 4.68 Å². The number of hydrogen-bond donors (Lipinski definition) is 1. The lowest BCUT2D eigenvalue weighted by atomic mass is 10.3. The monoisotopic (exact) mass is 304 g/mol. The first-order chi connectivity index (χ1) is 9.75. The zero-order chi connectivity index (χ0) is 15.6. The third kappa shape index (κ3) is 3.61. The number of carbonyl (C=O) groups excluding carboxylic acids is 2. The topological polar surface area (TPSA) is 116 Å². The Balaban J connectivity index is 1.99. The molecular formula is C9H7F3N6O3. The van der Waals surface area contributed by atoms with E-state index in [0.29, 0.717) is 6.20 Å². The zero-order valence-corrected chi connectivity index (χ0v) is 10.4. The van der Waals surface area contributed by atoms with Gasteiger partial charge >= 0.3 is 12.2 Å². The predicted octanol–water partition coefficient (Wildman–Crippen LogP) is 0.353. The summed E-state index contributed by atoms with van der Waals surface area (Å²) in [6.45, 7) is 1.04. The number of Topliss-reactive ketones (excluding diaryl/α,β-unsaturated/α-hetero) is 1. The van der Waals surface area contributed by atoms with E-state index in [2.05, 4.69) is 25.8 Å². The molecule has 2 aromatic heterocycles. The molecule has 12 heteroatoms. The van der Waals surface area contributed by atoms with E-state index in [0.717, 1.165) is 4.68 Å². The molecule has 1 N–H and O–H groups in total. The Hall–Kier alpha value is -2.79. The Labute approximate surface area is 114 Å². The number of halogens is 3.